The summed E-state index contributed by atoms with van der Waals surface area (Å²) < 4.78 is 0. The number of carbonyl (C=O) groups excluding carboxylic acids is 1. The second-order valence-electron chi connectivity index (χ2n) is 5.31. The molecule has 0 spiro atoms. The van der Waals surface area contributed by atoms with Crippen LogP contribution in [-0.2, 0) is 11.2 Å². The maximum atomic E-state index is 12.0. The molecular weight excluding hydrogens is 224 g/mol. The van der Waals surface area contributed by atoms with Gasteiger partial charge in [-0.05, 0) is 38.7 Å². The minimum atomic E-state index is -0.386. The molecule has 3 heteroatoms. The minimum Gasteiger partial charge on any atom is -0.338 e. The predicted octanol–water partition coefficient (Wildman–Crippen LogP) is 1.88. The summed E-state index contributed by atoms with van der Waals surface area (Å²) in [6, 6.07) is 8.50. The summed E-state index contributed by atoms with van der Waals surface area (Å²) in [5, 5.41) is 0. The topological polar surface area (TPSA) is 46.3 Å². The van der Waals surface area contributed by atoms with E-state index >= 15 is 0 Å². The number of likely N-dealkylation sites (tertiary alicyclic amines) is 1. The smallest absolute Gasteiger partial charge is 0.239 e. The van der Waals surface area contributed by atoms with Gasteiger partial charge in [-0.3, -0.25) is 4.79 Å². The van der Waals surface area contributed by atoms with Crippen LogP contribution in [0.1, 0.15) is 30.9 Å². The van der Waals surface area contributed by atoms with Crippen molar-refractivity contribution in [3.8, 4) is 0 Å². The lowest BCUT2D eigenvalue weighted by Gasteiger charge is -2.26. The fourth-order valence-corrected chi connectivity index (χ4v) is 2.60. The molecule has 1 aliphatic heterocycles. The van der Waals surface area contributed by atoms with Crippen LogP contribution in [0.2, 0.25) is 0 Å². The zero-order valence-corrected chi connectivity index (χ0v) is 11.2. The molecule has 0 aliphatic carbocycles. The number of carbonyl (C=O) groups is 1. The van der Waals surface area contributed by atoms with E-state index in [1.165, 1.54) is 11.1 Å². The van der Waals surface area contributed by atoms with Crippen molar-refractivity contribution in [3.05, 3.63) is 35.4 Å². The fourth-order valence-electron chi connectivity index (χ4n) is 2.60. The summed E-state index contributed by atoms with van der Waals surface area (Å²) in [6.45, 7) is 4.71. The molecule has 1 aromatic carbocycles. The molecule has 0 radical (unpaired) electrons. The van der Waals surface area contributed by atoms with Crippen LogP contribution in [0.5, 0.6) is 0 Å². The van der Waals surface area contributed by atoms with Gasteiger partial charge < -0.3 is 10.6 Å². The van der Waals surface area contributed by atoms with Crippen molar-refractivity contribution in [2.75, 3.05) is 6.54 Å². The molecule has 1 aromatic rings. The van der Waals surface area contributed by atoms with Gasteiger partial charge in [-0.2, -0.15) is 0 Å². The molecule has 1 amide bonds. The second kappa shape index (κ2) is 5.53. The third-order valence-corrected chi connectivity index (χ3v) is 3.64. The monoisotopic (exact) mass is 246 g/mol. The van der Waals surface area contributed by atoms with Crippen LogP contribution in [0.25, 0.3) is 0 Å². The highest BCUT2D eigenvalue weighted by molar-refractivity contribution is 5.81. The molecule has 2 rings (SSSR count). The molecule has 1 fully saturated rings. The lowest BCUT2D eigenvalue weighted by molar-refractivity contribution is -0.132. The van der Waals surface area contributed by atoms with E-state index < -0.39 is 0 Å². The predicted molar refractivity (Wildman–Crippen MR) is 73.3 cm³/mol. The second-order valence-corrected chi connectivity index (χ2v) is 5.31. The zero-order valence-electron chi connectivity index (χ0n) is 11.2. The van der Waals surface area contributed by atoms with Crippen molar-refractivity contribution >= 4 is 5.91 Å². The number of amides is 1. The molecule has 0 aromatic heterocycles. The van der Waals surface area contributed by atoms with E-state index in [4.69, 9.17) is 5.73 Å². The summed E-state index contributed by atoms with van der Waals surface area (Å²) in [5.74, 6) is 0.0876. The first-order chi connectivity index (χ1) is 8.58. The Hall–Kier alpha value is -1.35. The summed E-state index contributed by atoms with van der Waals surface area (Å²) in [7, 11) is 0. The average Bonchev–Trinajstić information content (AvgIpc) is 2.79. The maximum absolute atomic E-state index is 12.0. The SMILES string of the molecule is Cc1ccc(CC2CCCN2C(=O)C(C)N)cc1. The van der Waals surface area contributed by atoms with Crippen LogP contribution in [0.3, 0.4) is 0 Å². The lowest BCUT2D eigenvalue weighted by atomic mass is 10.0. The van der Waals surface area contributed by atoms with Gasteiger partial charge in [-0.25, -0.2) is 0 Å². The Balaban J connectivity index is 2.04. The summed E-state index contributed by atoms with van der Waals surface area (Å²) >= 11 is 0. The molecule has 2 atom stereocenters. The number of nitrogens with zero attached hydrogens (tertiary/aromatic N) is 1. The Labute approximate surface area is 109 Å². The van der Waals surface area contributed by atoms with E-state index in [0.29, 0.717) is 6.04 Å². The van der Waals surface area contributed by atoms with Gasteiger partial charge in [0.2, 0.25) is 5.91 Å². The molecule has 3 nitrogen and oxygen atoms in total. The van der Waals surface area contributed by atoms with Gasteiger partial charge in [0, 0.05) is 12.6 Å². The highest BCUT2D eigenvalue weighted by Gasteiger charge is 2.29. The summed E-state index contributed by atoms with van der Waals surface area (Å²) in [6.07, 6.45) is 3.13. The van der Waals surface area contributed by atoms with Gasteiger partial charge in [-0.15, -0.1) is 0 Å². The van der Waals surface area contributed by atoms with Gasteiger partial charge in [0.05, 0.1) is 6.04 Å². The van der Waals surface area contributed by atoms with Gasteiger partial charge >= 0.3 is 0 Å². The molecule has 18 heavy (non-hydrogen) atoms. The molecule has 1 heterocycles. The Morgan fingerprint density at radius 3 is 2.72 bits per heavy atom. The molecule has 2 unspecified atom stereocenters. The van der Waals surface area contributed by atoms with E-state index in [9.17, 15) is 4.79 Å². The van der Waals surface area contributed by atoms with Crippen LogP contribution in [0.15, 0.2) is 24.3 Å². The molecule has 0 bridgehead atoms. The highest BCUT2D eigenvalue weighted by atomic mass is 16.2. The fraction of sp³-hybridized carbons (Fsp3) is 0.533. The Morgan fingerprint density at radius 1 is 1.44 bits per heavy atom. The maximum Gasteiger partial charge on any atom is 0.239 e. The summed E-state index contributed by atoms with van der Waals surface area (Å²) in [4.78, 5) is 14.0. The molecule has 98 valence electrons. The van der Waals surface area contributed by atoms with Crippen molar-refractivity contribution < 1.29 is 4.79 Å². The first-order valence-corrected chi connectivity index (χ1v) is 6.69. The van der Waals surface area contributed by atoms with Crippen molar-refractivity contribution in [1.82, 2.24) is 4.90 Å². The van der Waals surface area contributed by atoms with Crippen LogP contribution in [-0.4, -0.2) is 29.4 Å². The zero-order chi connectivity index (χ0) is 13.1. The number of aryl methyl sites for hydroxylation is 1. The van der Waals surface area contributed by atoms with E-state index in [2.05, 4.69) is 31.2 Å². The first-order valence-electron chi connectivity index (χ1n) is 6.69. The van der Waals surface area contributed by atoms with Gasteiger partial charge in [0.1, 0.15) is 0 Å². The van der Waals surface area contributed by atoms with E-state index in [1.54, 1.807) is 6.92 Å². The highest BCUT2D eigenvalue weighted by Crippen LogP contribution is 2.22. The third kappa shape index (κ3) is 2.91. The van der Waals surface area contributed by atoms with Gasteiger partial charge in [0.15, 0.2) is 0 Å². The largest absolute Gasteiger partial charge is 0.338 e. The molecule has 1 aliphatic rings. The number of hydrogen-bond donors (Lipinski definition) is 1. The van der Waals surface area contributed by atoms with Crippen LogP contribution < -0.4 is 5.73 Å². The number of hydrogen-bond acceptors (Lipinski definition) is 2. The molecule has 2 N–H and O–H groups in total. The molecule has 1 saturated heterocycles. The van der Waals surface area contributed by atoms with E-state index in [0.717, 1.165) is 25.8 Å². The van der Waals surface area contributed by atoms with Crippen molar-refractivity contribution in [2.24, 2.45) is 5.73 Å². The standard InChI is InChI=1S/C15H22N2O/c1-11-5-7-13(8-6-11)10-14-4-3-9-17(14)15(18)12(2)16/h5-8,12,14H,3-4,9-10,16H2,1-2H3. The lowest BCUT2D eigenvalue weighted by Crippen LogP contribution is -2.45. The first kappa shape index (κ1) is 13.1. The number of benzene rings is 1. The quantitative estimate of drug-likeness (QED) is 0.885. The van der Waals surface area contributed by atoms with Crippen LogP contribution in [0, 0.1) is 6.92 Å². The van der Waals surface area contributed by atoms with E-state index in [1.807, 2.05) is 4.90 Å². The minimum absolute atomic E-state index is 0.0876. The number of nitrogens with two attached hydrogens (primary N) is 1. The number of rotatable bonds is 3. The molecular formula is C15H22N2O. The Kier molecular flexibility index (Phi) is 4.02. The van der Waals surface area contributed by atoms with Crippen LogP contribution >= 0.6 is 0 Å². The normalized spacial score (nSPS) is 21.1. The van der Waals surface area contributed by atoms with Crippen molar-refractivity contribution in [1.29, 1.82) is 0 Å². The Bertz CT molecular complexity index is 411. The van der Waals surface area contributed by atoms with Gasteiger partial charge in [0.25, 0.3) is 0 Å². The molecule has 0 saturated carbocycles. The average molecular weight is 246 g/mol. The third-order valence-electron chi connectivity index (χ3n) is 3.64. The van der Waals surface area contributed by atoms with Crippen molar-refractivity contribution in [3.63, 3.8) is 0 Å². The van der Waals surface area contributed by atoms with Gasteiger partial charge in [-0.1, -0.05) is 29.8 Å². The summed E-state index contributed by atoms with van der Waals surface area (Å²) in [5.41, 5.74) is 8.27. The van der Waals surface area contributed by atoms with Crippen molar-refractivity contribution in [2.45, 2.75) is 45.2 Å². The Morgan fingerprint density at radius 2 is 2.11 bits per heavy atom. The van der Waals surface area contributed by atoms with E-state index in [-0.39, 0.29) is 11.9 Å². The van der Waals surface area contributed by atoms with Crippen LogP contribution in [0.4, 0.5) is 0 Å².